The van der Waals surface area contributed by atoms with Gasteiger partial charge in [0.15, 0.2) is 0 Å². The number of anilines is 8. The fourth-order valence-electron chi connectivity index (χ4n) is 9.50. The molecule has 66 heavy (non-hydrogen) atoms. The summed E-state index contributed by atoms with van der Waals surface area (Å²) in [6.45, 7) is -1.95. The SMILES string of the molecule is Fc1cc(F)cc(N2B(c3ccc4cc(B5N(c6cc(F)cc(F)c6)c6sc7ccccc7c6N5c5cc(F)cc(F)c5)ccc4c3)N(c3cc(F)cc(F)c3)c3c2oc2ccccc32)c1. The third-order valence-corrected chi connectivity index (χ3v) is 13.1. The van der Waals surface area contributed by atoms with Crippen molar-refractivity contribution in [2.24, 2.45) is 0 Å². The van der Waals surface area contributed by atoms with Crippen molar-refractivity contribution < 1.29 is 39.5 Å². The highest BCUT2D eigenvalue weighted by atomic mass is 32.1. The molecule has 320 valence electrons. The summed E-state index contributed by atoms with van der Waals surface area (Å²) >= 11 is 1.36. The molecule has 2 aliphatic heterocycles. The van der Waals surface area contributed by atoms with Crippen LogP contribution in [0.15, 0.2) is 162 Å². The Morgan fingerprint density at radius 3 is 1.30 bits per heavy atom. The zero-order valence-electron chi connectivity index (χ0n) is 33.8. The van der Waals surface area contributed by atoms with E-state index in [4.69, 9.17) is 4.42 Å². The molecule has 16 heteroatoms. The maximum atomic E-state index is 15.2. The van der Waals surface area contributed by atoms with E-state index in [0.717, 1.165) is 46.5 Å². The van der Waals surface area contributed by atoms with E-state index >= 15 is 35.1 Å². The van der Waals surface area contributed by atoms with Gasteiger partial charge in [0.1, 0.15) is 62.8 Å². The fourth-order valence-corrected chi connectivity index (χ4v) is 10.7. The molecule has 0 bridgehead atoms. The van der Waals surface area contributed by atoms with Crippen molar-refractivity contribution in [2.75, 3.05) is 19.2 Å². The monoisotopic (exact) mass is 904 g/mol. The molecule has 10 aromatic rings. The molecule has 0 unspecified atom stereocenters. The summed E-state index contributed by atoms with van der Waals surface area (Å²) in [5, 5.41) is 3.24. The molecule has 0 saturated carbocycles. The van der Waals surface area contributed by atoms with Crippen molar-refractivity contribution in [1.29, 1.82) is 0 Å². The van der Waals surface area contributed by atoms with E-state index in [0.29, 0.717) is 49.0 Å². The molecule has 0 saturated heterocycles. The average Bonchev–Trinajstić information content (AvgIpc) is 4.01. The Balaban J connectivity index is 1.05. The van der Waals surface area contributed by atoms with Gasteiger partial charge < -0.3 is 23.7 Å². The molecule has 0 radical (unpaired) electrons. The molecule has 5 nitrogen and oxygen atoms in total. The van der Waals surface area contributed by atoms with E-state index in [1.54, 1.807) is 61.7 Å². The molecule has 4 heterocycles. The highest BCUT2D eigenvalue weighted by Crippen LogP contribution is 2.56. The first-order valence-electron chi connectivity index (χ1n) is 20.5. The van der Waals surface area contributed by atoms with Gasteiger partial charge in [0.2, 0.25) is 5.88 Å². The lowest BCUT2D eigenvalue weighted by molar-refractivity contribution is 0.582. The van der Waals surface area contributed by atoms with Crippen LogP contribution in [0.4, 0.5) is 80.1 Å². The highest BCUT2D eigenvalue weighted by Gasteiger charge is 2.49. The van der Waals surface area contributed by atoms with Crippen molar-refractivity contribution >= 4 is 113 Å². The quantitative estimate of drug-likeness (QED) is 0.122. The molecular formula is C50H26B2F8N4OS. The van der Waals surface area contributed by atoms with Gasteiger partial charge >= 0.3 is 14.0 Å². The van der Waals surface area contributed by atoms with Crippen LogP contribution in [-0.4, -0.2) is 14.0 Å². The van der Waals surface area contributed by atoms with Gasteiger partial charge in [-0.2, -0.15) is 0 Å². The number of furan rings is 1. The van der Waals surface area contributed by atoms with Crippen molar-refractivity contribution in [3.8, 4) is 0 Å². The lowest BCUT2D eigenvalue weighted by Crippen LogP contribution is -2.53. The lowest BCUT2D eigenvalue weighted by atomic mass is 9.62. The minimum Gasteiger partial charge on any atom is -0.439 e. The van der Waals surface area contributed by atoms with Crippen LogP contribution in [-0.2, 0) is 0 Å². The Morgan fingerprint density at radius 1 is 0.379 bits per heavy atom. The van der Waals surface area contributed by atoms with Crippen LogP contribution in [0.2, 0.25) is 0 Å². The topological polar surface area (TPSA) is 26.1 Å². The molecule has 2 aliphatic rings. The summed E-state index contributed by atoms with van der Waals surface area (Å²) < 4.78 is 128. The predicted molar refractivity (Wildman–Crippen MR) is 247 cm³/mol. The summed E-state index contributed by atoms with van der Waals surface area (Å²) in [6.07, 6.45) is 0. The third-order valence-electron chi connectivity index (χ3n) is 12.0. The standard InChI is InChI=1S/C50H26B2F8N4OS/c53-31-15-32(54)20-39(19-31)61-47-43-5-1-3-7-45(43)65-49(47)63(41-23-35(57)17-36(58)24-41)51(61)29-11-9-28-14-30(12-10-27(28)13-29)52-62(40-21-33(55)16-34(56)22-40)48-44-6-2-4-8-46(44)66-50(48)64(52)42-25-37(59)18-38(60)26-42/h1-26H. The van der Waals surface area contributed by atoms with Gasteiger partial charge in [-0.05, 0) is 88.4 Å². The summed E-state index contributed by atoms with van der Waals surface area (Å²) in [5.74, 6) is -6.52. The van der Waals surface area contributed by atoms with Crippen molar-refractivity contribution in [3.05, 3.63) is 204 Å². The fraction of sp³-hybridized carbons (Fsp3) is 0. The van der Waals surface area contributed by atoms with Crippen LogP contribution in [0.25, 0.3) is 31.8 Å². The second-order valence-corrected chi connectivity index (χ2v) is 17.1. The van der Waals surface area contributed by atoms with Crippen molar-refractivity contribution in [3.63, 3.8) is 0 Å². The van der Waals surface area contributed by atoms with Gasteiger partial charge in [-0.1, -0.05) is 66.7 Å². The van der Waals surface area contributed by atoms with Gasteiger partial charge in [0.05, 0.1) is 5.69 Å². The molecule has 0 atom stereocenters. The Morgan fingerprint density at radius 2 is 0.788 bits per heavy atom. The first-order valence-corrected chi connectivity index (χ1v) is 21.4. The Labute approximate surface area is 374 Å². The number of thiophene rings is 1. The molecule has 12 rings (SSSR count). The molecule has 0 aliphatic carbocycles. The first-order chi connectivity index (χ1) is 31.9. The van der Waals surface area contributed by atoms with Crippen LogP contribution in [0, 0.1) is 46.5 Å². The maximum Gasteiger partial charge on any atom is 0.423 e. The Kier molecular flexibility index (Phi) is 9.01. The molecule has 8 aromatic carbocycles. The smallest absolute Gasteiger partial charge is 0.423 e. The van der Waals surface area contributed by atoms with Crippen LogP contribution in [0.3, 0.4) is 0 Å². The zero-order chi connectivity index (χ0) is 45.1. The van der Waals surface area contributed by atoms with Gasteiger partial charge in [-0.15, -0.1) is 11.3 Å². The van der Waals surface area contributed by atoms with E-state index in [-0.39, 0.29) is 28.6 Å². The van der Waals surface area contributed by atoms with E-state index in [1.165, 1.54) is 47.7 Å². The first kappa shape index (κ1) is 39.8. The summed E-state index contributed by atoms with van der Waals surface area (Å²) in [5.41, 5.74) is 3.01. The number of benzene rings is 8. The Hall–Kier alpha value is -7.71. The second kappa shape index (κ2) is 14.9. The second-order valence-electron chi connectivity index (χ2n) is 16.1. The predicted octanol–water partition coefficient (Wildman–Crippen LogP) is 13.3. The van der Waals surface area contributed by atoms with E-state index in [1.807, 2.05) is 42.5 Å². The molecule has 2 aromatic heterocycles. The number of halogens is 8. The van der Waals surface area contributed by atoms with E-state index < -0.39 is 60.5 Å². The highest BCUT2D eigenvalue weighted by molar-refractivity contribution is 7.25. The number of rotatable bonds is 6. The normalized spacial score (nSPS) is 13.6. The van der Waals surface area contributed by atoms with Crippen molar-refractivity contribution in [1.82, 2.24) is 0 Å². The number of hydrogen-bond donors (Lipinski definition) is 0. The van der Waals surface area contributed by atoms with Gasteiger partial charge in [0, 0.05) is 62.5 Å². The van der Waals surface area contributed by atoms with Crippen LogP contribution in [0.5, 0.6) is 0 Å². The summed E-state index contributed by atoms with van der Waals surface area (Å²) in [6, 6.07) is 37.9. The lowest BCUT2D eigenvalue weighted by Gasteiger charge is -2.31. The molecule has 0 N–H and O–H groups in total. The van der Waals surface area contributed by atoms with Crippen LogP contribution in [0.1, 0.15) is 0 Å². The minimum absolute atomic E-state index is 0.0663. The van der Waals surface area contributed by atoms with Crippen LogP contribution < -0.4 is 30.2 Å². The maximum absolute atomic E-state index is 15.2. The Bertz CT molecular complexity index is 3330. The molecule has 0 amide bonds. The number of nitrogens with zero attached hydrogens (tertiary/aromatic N) is 4. The minimum atomic E-state index is -1.02. The molecule has 0 fully saturated rings. The number of para-hydroxylation sites is 1. The number of hydrogen-bond acceptors (Lipinski definition) is 6. The molecular weight excluding hydrogens is 878 g/mol. The van der Waals surface area contributed by atoms with Crippen LogP contribution >= 0.6 is 11.3 Å². The van der Waals surface area contributed by atoms with E-state index in [2.05, 4.69) is 0 Å². The molecule has 0 spiro atoms. The summed E-state index contributed by atoms with van der Waals surface area (Å²) in [7, 11) is 0. The van der Waals surface area contributed by atoms with Crippen molar-refractivity contribution in [2.45, 2.75) is 0 Å². The number of fused-ring (bicyclic) bond motifs is 7. The summed E-state index contributed by atoms with van der Waals surface area (Å²) in [4.78, 5) is 6.75. The van der Waals surface area contributed by atoms with E-state index in [9.17, 15) is 0 Å². The largest absolute Gasteiger partial charge is 0.439 e. The average molecular weight is 904 g/mol. The van der Waals surface area contributed by atoms with Gasteiger partial charge in [0.25, 0.3) is 0 Å². The third kappa shape index (κ3) is 6.38. The van der Waals surface area contributed by atoms with Gasteiger partial charge in [-0.3, -0.25) is 0 Å². The zero-order valence-corrected chi connectivity index (χ0v) is 34.6. The van der Waals surface area contributed by atoms with Gasteiger partial charge in [-0.25, -0.2) is 35.1 Å².